The number of nitrogens with zero attached hydrogens (tertiary/aromatic N) is 1. The first-order chi connectivity index (χ1) is 9.27. The first kappa shape index (κ1) is 14.6. The van der Waals surface area contributed by atoms with Gasteiger partial charge in [-0.05, 0) is 24.5 Å². The summed E-state index contributed by atoms with van der Waals surface area (Å²) in [7, 11) is 1.68. The standard InChI is InChI=1S/C14H19NO2S2/c1-17-12-7-4-3-6-11(12)14-15(8-5-9-18-2)13(16)10-19-14/h3-4,6-7,14H,5,8-10H2,1-2H3. The summed E-state index contributed by atoms with van der Waals surface area (Å²) in [5.74, 6) is 2.77. The van der Waals surface area contributed by atoms with Gasteiger partial charge in [-0.2, -0.15) is 11.8 Å². The molecule has 0 radical (unpaired) electrons. The van der Waals surface area contributed by atoms with Crippen LogP contribution in [0.15, 0.2) is 24.3 Å². The SMILES string of the molecule is COc1ccccc1C1SCC(=O)N1CCCSC. The second kappa shape index (κ2) is 7.10. The summed E-state index contributed by atoms with van der Waals surface area (Å²) in [5.41, 5.74) is 1.10. The molecule has 1 saturated heterocycles. The minimum Gasteiger partial charge on any atom is -0.496 e. The third kappa shape index (κ3) is 3.39. The van der Waals surface area contributed by atoms with Crippen LogP contribution in [0.4, 0.5) is 0 Å². The van der Waals surface area contributed by atoms with E-state index in [0.717, 1.165) is 30.0 Å². The lowest BCUT2D eigenvalue weighted by Crippen LogP contribution is -2.29. The number of benzene rings is 1. The van der Waals surface area contributed by atoms with E-state index in [2.05, 4.69) is 12.3 Å². The molecule has 2 rings (SSSR count). The van der Waals surface area contributed by atoms with Crippen molar-refractivity contribution in [3.63, 3.8) is 0 Å². The van der Waals surface area contributed by atoms with Crippen LogP contribution in [0.3, 0.4) is 0 Å². The first-order valence-corrected chi connectivity index (χ1v) is 8.75. The summed E-state index contributed by atoms with van der Waals surface area (Å²) in [6.45, 7) is 0.829. The van der Waals surface area contributed by atoms with E-state index in [1.165, 1.54) is 0 Å². The summed E-state index contributed by atoms with van der Waals surface area (Å²) in [6, 6.07) is 7.97. The van der Waals surface area contributed by atoms with E-state index >= 15 is 0 Å². The van der Waals surface area contributed by atoms with Crippen molar-refractivity contribution < 1.29 is 9.53 Å². The van der Waals surface area contributed by atoms with Crippen molar-refractivity contribution in [1.29, 1.82) is 0 Å². The van der Waals surface area contributed by atoms with Crippen molar-refractivity contribution in [2.75, 3.05) is 31.4 Å². The highest BCUT2D eigenvalue weighted by atomic mass is 32.2. The molecule has 3 nitrogen and oxygen atoms in total. The van der Waals surface area contributed by atoms with Crippen LogP contribution in [0.5, 0.6) is 5.75 Å². The number of amides is 1. The fraction of sp³-hybridized carbons (Fsp3) is 0.500. The van der Waals surface area contributed by atoms with Crippen molar-refractivity contribution in [3.8, 4) is 5.75 Å². The number of carbonyl (C=O) groups is 1. The molecule has 5 heteroatoms. The summed E-state index contributed by atoms with van der Waals surface area (Å²) in [4.78, 5) is 14.0. The van der Waals surface area contributed by atoms with E-state index in [1.54, 1.807) is 18.9 Å². The van der Waals surface area contributed by atoms with Gasteiger partial charge >= 0.3 is 0 Å². The molecule has 1 heterocycles. The molecule has 1 aliphatic rings. The molecule has 0 aliphatic carbocycles. The van der Waals surface area contributed by atoms with Gasteiger partial charge in [-0.3, -0.25) is 4.79 Å². The Labute approximate surface area is 123 Å². The fourth-order valence-corrected chi connectivity index (χ4v) is 3.86. The highest BCUT2D eigenvalue weighted by Crippen LogP contribution is 2.42. The number of carbonyl (C=O) groups excluding carboxylic acids is 1. The second-order valence-corrected chi connectivity index (χ2v) is 6.39. The molecular weight excluding hydrogens is 278 g/mol. The highest BCUT2D eigenvalue weighted by molar-refractivity contribution is 8.00. The average Bonchev–Trinajstić information content (AvgIpc) is 2.80. The van der Waals surface area contributed by atoms with E-state index in [4.69, 9.17) is 4.74 Å². The van der Waals surface area contributed by atoms with Crippen LogP contribution in [-0.4, -0.2) is 42.2 Å². The summed E-state index contributed by atoms with van der Waals surface area (Å²) >= 11 is 3.51. The summed E-state index contributed by atoms with van der Waals surface area (Å²) < 4.78 is 5.41. The third-order valence-corrected chi connectivity index (χ3v) is 5.06. The molecule has 1 aliphatic heterocycles. The number of para-hydroxylation sites is 1. The van der Waals surface area contributed by atoms with Crippen LogP contribution in [0, 0.1) is 0 Å². The molecule has 1 atom stereocenters. The predicted molar refractivity (Wildman–Crippen MR) is 82.9 cm³/mol. The van der Waals surface area contributed by atoms with E-state index in [9.17, 15) is 4.79 Å². The maximum absolute atomic E-state index is 12.0. The Bertz CT molecular complexity index is 439. The Morgan fingerprint density at radius 2 is 2.26 bits per heavy atom. The average molecular weight is 297 g/mol. The molecule has 0 bridgehead atoms. The molecule has 19 heavy (non-hydrogen) atoms. The van der Waals surface area contributed by atoms with Crippen LogP contribution in [0.2, 0.25) is 0 Å². The maximum Gasteiger partial charge on any atom is 0.233 e. The number of hydrogen-bond donors (Lipinski definition) is 0. The van der Waals surface area contributed by atoms with E-state index in [1.807, 2.05) is 34.9 Å². The molecule has 0 saturated carbocycles. The van der Waals surface area contributed by atoms with Crippen LogP contribution in [0.25, 0.3) is 0 Å². The van der Waals surface area contributed by atoms with Gasteiger partial charge in [-0.25, -0.2) is 0 Å². The quantitative estimate of drug-likeness (QED) is 0.755. The van der Waals surface area contributed by atoms with Crippen molar-refractivity contribution in [1.82, 2.24) is 4.90 Å². The Morgan fingerprint density at radius 3 is 3.00 bits per heavy atom. The molecule has 104 valence electrons. The van der Waals surface area contributed by atoms with Crippen LogP contribution in [0.1, 0.15) is 17.4 Å². The zero-order chi connectivity index (χ0) is 13.7. The normalized spacial score (nSPS) is 18.9. The minimum atomic E-state index is 0.102. The Morgan fingerprint density at radius 1 is 1.47 bits per heavy atom. The number of methoxy groups -OCH3 is 1. The van der Waals surface area contributed by atoms with Gasteiger partial charge in [0.1, 0.15) is 11.1 Å². The number of rotatable bonds is 6. The predicted octanol–water partition coefficient (Wildman–Crippen LogP) is 3.02. The van der Waals surface area contributed by atoms with Gasteiger partial charge in [0, 0.05) is 12.1 Å². The third-order valence-electron chi connectivity index (χ3n) is 3.12. The molecule has 1 fully saturated rings. The summed E-state index contributed by atoms with van der Waals surface area (Å²) in [5, 5.41) is 0.102. The lowest BCUT2D eigenvalue weighted by molar-refractivity contribution is -0.128. The van der Waals surface area contributed by atoms with Crippen LogP contribution in [-0.2, 0) is 4.79 Å². The van der Waals surface area contributed by atoms with Crippen LogP contribution < -0.4 is 4.74 Å². The van der Waals surface area contributed by atoms with Crippen molar-refractivity contribution in [3.05, 3.63) is 29.8 Å². The molecule has 0 aromatic heterocycles. The molecule has 1 aromatic carbocycles. The fourth-order valence-electron chi connectivity index (χ4n) is 2.20. The number of hydrogen-bond acceptors (Lipinski definition) is 4. The number of thioether (sulfide) groups is 2. The number of ether oxygens (including phenoxy) is 1. The zero-order valence-corrected chi connectivity index (χ0v) is 12.9. The van der Waals surface area contributed by atoms with E-state index < -0.39 is 0 Å². The van der Waals surface area contributed by atoms with E-state index in [0.29, 0.717) is 5.75 Å². The zero-order valence-electron chi connectivity index (χ0n) is 11.3. The lowest BCUT2D eigenvalue weighted by atomic mass is 10.2. The van der Waals surface area contributed by atoms with Gasteiger partial charge in [0.25, 0.3) is 0 Å². The van der Waals surface area contributed by atoms with Crippen molar-refractivity contribution in [2.45, 2.75) is 11.8 Å². The lowest BCUT2D eigenvalue weighted by Gasteiger charge is -2.25. The molecule has 1 amide bonds. The second-order valence-electron chi connectivity index (χ2n) is 4.34. The van der Waals surface area contributed by atoms with Crippen molar-refractivity contribution >= 4 is 29.4 Å². The van der Waals surface area contributed by atoms with Gasteiger partial charge in [0.05, 0.1) is 12.9 Å². The molecular formula is C14H19NO2S2. The van der Waals surface area contributed by atoms with Gasteiger partial charge in [0.2, 0.25) is 5.91 Å². The van der Waals surface area contributed by atoms with Gasteiger partial charge in [-0.1, -0.05) is 18.2 Å². The largest absolute Gasteiger partial charge is 0.496 e. The Hall–Kier alpha value is -0.810. The van der Waals surface area contributed by atoms with Crippen LogP contribution >= 0.6 is 23.5 Å². The van der Waals surface area contributed by atoms with Gasteiger partial charge in [0.15, 0.2) is 0 Å². The molecule has 1 unspecified atom stereocenters. The van der Waals surface area contributed by atoms with Crippen molar-refractivity contribution in [2.24, 2.45) is 0 Å². The Balaban J connectivity index is 2.15. The smallest absolute Gasteiger partial charge is 0.233 e. The maximum atomic E-state index is 12.0. The molecule has 0 spiro atoms. The summed E-state index contributed by atoms with van der Waals surface area (Å²) in [6.07, 6.45) is 3.14. The molecule has 1 aromatic rings. The van der Waals surface area contributed by atoms with E-state index in [-0.39, 0.29) is 11.3 Å². The first-order valence-electron chi connectivity index (χ1n) is 6.31. The minimum absolute atomic E-state index is 0.102. The monoisotopic (exact) mass is 297 g/mol. The highest BCUT2D eigenvalue weighted by Gasteiger charge is 2.33. The topological polar surface area (TPSA) is 29.5 Å². The molecule has 0 N–H and O–H groups in total. The van der Waals surface area contributed by atoms with Gasteiger partial charge < -0.3 is 9.64 Å². The Kier molecular flexibility index (Phi) is 5.45. The van der Waals surface area contributed by atoms with Gasteiger partial charge in [-0.15, -0.1) is 11.8 Å².